The summed E-state index contributed by atoms with van der Waals surface area (Å²) < 4.78 is 12.9. The van der Waals surface area contributed by atoms with Crippen LogP contribution in [0.1, 0.15) is 21.5 Å². The van der Waals surface area contributed by atoms with Crippen molar-refractivity contribution in [2.24, 2.45) is 0 Å². The van der Waals surface area contributed by atoms with Gasteiger partial charge in [0.15, 0.2) is 11.5 Å². The zero-order valence-corrected chi connectivity index (χ0v) is 19.1. The second kappa shape index (κ2) is 9.22. The fraction of sp³-hybridized carbons (Fsp3) is 0.115. The van der Waals surface area contributed by atoms with Crippen molar-refractivity contribution in [2.75, 3.05) is 6.79 Å². The fourth-order valence-electron chi connectivity index (χ4n) is 3.86. The van der Waals surface area contributed by atoms with E-state index in [0.29, 0.717) is 40.2 Å². The van der Waals surface area contributed by atoms with Gasteiger partial charge in [0.1, 0.15) is 0 Å². The molecule has 2 heterocycles. The van der Waals surface area contributed by atoms with Crippen LogP contribution in [0.25, 0.3) is 5.69 Å². The van der Waals surface area contributed by atoms with Gasteiger partial charge >= 0.3 is 0 Å². The number of hydrogen-bond donors (Lipinski definition) is 0. The van der Waals surface area contributed by atoms with Gasteiger partial charge in [-0.1, -0.05) is 47.5 Å². The molecule has 0 radical (unpaired) electrons. The molecule has 0 saturated carbocycles. The average molecular weight is 479 g/mol. The maximum absolute atomic E-state index is 13.9. The first-order valence-electron chi connectivity index (χ1n) is 10.4. The summed E-state index contributed by atoms with van der Waals surface area (Å²) in [6.07, 6.45) is 3.84. The average Bonchev–Trinajstić information content (AvgIpc) is 3.52. The van der Waals surface area contributed by atoms with E-state index in [1.165, 1.54) is 0 Å². The number of benzene rings is 3. The normalized spacial score (nSPS) is 12.1. The highest BCUT2D eigenvalue weighted by molar-refractivity contribution is 6.35. The van der Waals surface area contributed by atoms with E-state index >= 15 is 0 Å². The molecule has 0 atom stereocenters. The van der Waals surface area contributed by atoms with Gasteiger partial charge in [-0.3, -0.25) is 4.79 Å². The largest absolute Gasteiger partial charge is 0.454 e. The summed E-state index contributed by atoms with van der Waals surface area (Å²) in [7, 11) is 0. The van der Waals surface area contributed by atoms with Crippen LogP contribution in [0, 0.1) is 0 Å². The number of para-hydroxylation sites is 1. The third-order valence-corrected chi connectivity index (χ3v) is 6.08. The molecule has 1 aliphatic heterocycles. The molecule has 4 aromatic rings. The minimum atomic E-state index is -0.108. The number of nitrogens with zero attached hydrogens (tertiary/aromatic N) is 2. The molecule has 0 unspecified atom stereocenters. The predicted molar refractivity (Wildman–Crippen MR) is 128 cm³/mol. The molecule has 1 amide bonds. The van der Waals surface area contributed by atoms with Crippen LogP contribution in [0.15, 0.2) is 85.2 Å². The van der Waals surface area contributed by atoms with Crippen LogP contribution in [-0.4, -0.2) is 22.2 Å². The first kappa shape index (κ1) is 21.4. The number of hydrogen-bond acceptors (Lipinski definition) is 3. The first-order chi connectivity index (χ1) is 16.1. The minimum absolute atomic E-state index is 0.108. The molecule has 0 saturated heterocycles. The van der Waals surface area contributed by atoms with Crippen LogP contribution in [0.2, 0.25) is 10.0 Å². The molecule has 0 fully saturated rings. The summed E-state index contributed by atoms with van der Waals surface area (Å²) in [5.41, 5.74) is 3.15. The number of ether oxygens (including phenoxy) is 2. The second-order valence-electron chi connectivity index (χ2n) is 7.69. The second-order valence-corrected chi connectivity index (χ2v) is 8.54. The summed E-state index contributed by atoms with van der Waals surface area (Å²) in [6.45, 7) is 0.893. The maximum atomic E-state index is 13.9. The lowest BCUT2D eigenvalue weighted by Crippen LogP contribution is -2.31. The van der Waals surface area contributed by atoms with Crippen LogP contribution < -0.4 is 9.47 Å². The summed E-state index contributed by atoms with van der Waals surface area (Å²) in [4.78, 5) is 15.6. The number of amides is 1. The van der Waals surface area contributed by atoms with Crippen molar-refractivity contribution >= 4 is 29.1 Å². The van der Waals surface area contributed by atoms with Gasteiger partial charge in [0, 0.05) is 35.5 Å². The zero-order valence-electron chi connectivity index (χ0n) is 17.6. The Kier molecular flexibility index (Phi) is 5.99. The Morgan fingerprint density at radius 3 is 2.48 bits per heavy atom. The van der Waals surface area contributed by atoms with E-state index in [0.717, 1.165) is 16.8 Å². The van der Waals surface area contributed by atoms with E-state index in [-0.39, 0.29) is 12.7 Å². The molecule has 0 spiro atoms. The van der Waals surface area contributed by atoms with Crippen LogP contribution in [-0.2, 0) is 13.1 Å². The molecule has 0 bridgehead atoms. The SMILES string of the molecule is O=C(c1ccccc1-n1cccc1)N(Cc1ccc2c(c1)OCO2)Cc1ccc(Cl)cc1Cl. The van der Waals surface area contributed by atoms with E-state index in [1.54, 1.807) is 17.0 Å². The molecule has 5 nitrogen and oxygen atoms in total. The topological polar surface area (TPSA) is 43.7 Å². The summed E-state index contributed by atoms with van der Waals surface area (Å²) in [6, 6.07) is 22.5. The van der Waals surface area contributed by atoms with E-state index in [1.807, 2.05) is 77.6 Å². The number of fused-ring (bicyclic) bond motifs is 1. The fourth-order valence-corrected chi connectivity index (χ4v) is 4.33. The molecule has 0 aliphatic carbocycles. The Morgan fingerprint density at radius 1 is 0.879 bits per heavy atom. The minimum Gasteiger partial charge on any atom is -0.454 e. The number of carbonyl (C=O) groups is 1. The smallest absolute Gasteiger partial charge is 0.256 e. The Bertz CT molecular complexity index is 1300. The van der Waals surface area contributed by atoms with Gasteiger partial charge in [-0.25, -0.2) is 0 Å². The highest BCUT2D eigenvalue weighted by Gasteiger charge is 2.22. The Labute approximate surface area is 201 Å². The van der Waals surface area contributed by atoms with Gasteiger partial charge < -0.3 is 18.9 Å². The molecular weight excluding hydrogens is 459 g/mol. The van der Waals surface area contributed by atoms with E-state index in [2.05, 4.69) is 0 Å². The van der Waals surface area contributed by atoms with Crippen LogP contribution in [0.4, 0.5) is 0 Å². The van der Waals surface area contributed by atoms with Crippen molar-refractivity contribution < 1.29 is 14.3 Å². The third-order valence-electron chi connectivity index (χ3n) is 5.49. The Balaban J connectivity index is 1.51. The van der Waals surface area contributed by atoms with Gasteiger partial charge in [-0.05, 0) is 59.7 Å². The Morgan fingerprint density at radius 2 is 1.67 bits per heavy atom. The van der Waals surface area contributed by atoms with Gasteiger partial charge in [0.2, 0.25) is 6.79 Å². The summed E-state index contributed by atoms with van der Waals surface area (Å²) in [5.74, 6) is 1.27. The van der Waals surface area contributed by atoms with Crippen molar-refractivity contribution in [1.82, 2.24) is 9.47 Å². The summed E-state index contributed by atoms with van der Waals surface area (Å²) in [5, 5.41) is 1.07. The van der Waals surface area contributed by atoms with Crippen LogP contribution >= 0.6 is 23.2 Å². The summed E-state index contributed by atoms with van der Waals surface area (Å²) >= 11 is 12.5. The molecule has 33 heavy (non-hydrogen) atoms. The van der Waals surface area contributed by atoms with Crippen molar-refractivity contribution in [3.8, 4) is 17.2 Å². The third kappa shape index (κ3) is 4.56. The van der Waals surface area contributed by atoms with Gasteiger partial charge in [-0.15, -0.1) is 0 Å². The lowest BCUT2D eigenvalue weighted by molar-refractivity contribution is 0.0730. The van der Waals surface area contributed by atoms with Gasteiger partial charge in [0.05, 0.1) is 11.3 Å². The van der Waals surface area contributed by atoms with Crippen LogP contribution in [0.5, 0.6) is 11.5 Å². The molecule has 5 rings (SSSR count). The monoisotopic (exact) mass is 478 g/mol. The lowest BCUT2D eigenvalue weighted by Gasteiger charge is -2.25. The molecule has 166 valence electrons. The zero-order chi connectivity index (χ0) is 22.8. The number of aromatic nitrogens is 1. The van der Waals surface area contributed by atoms with Crippen molar-refractivity contribution in [3.05, 3.63) is 112 Å². The molecular formula is C26H20Cl2N2O3. The highest BCUT2D eigenvalue weighted by atomic mass is 35.5. The maximum Gasteiger partial charge on any atom is 0.256 e. The van der Waals surface area contributed by atoms with E-state index in [9.17, 15) is 4.79 Å². The van der Waals surface area contributed by atoms with Gasteiger partial charge in [0.25, 0.3) is 5.91 Å². The molecule has 1 aromatic heterocycles. The molecule has 7 heteroatoms. The number of rotatable bonds is 6. The quantitative estimate of drug-likeness (QED) is 0.324. The number of carbonyl (C=O) groups excluding carboxylic acids is 1. The Hall–Kier alpha value is -3.41. The first-order valence-corrected chi connectivity index (χ1v) is 11.2. The molecule has 0 N–H and O–H groups in total. The molecule has 1 aliphatic rings. The van der Waals surface area contributed by atoms with E-state index < -0.39 is 0 Å². The lowest BCUT2D eigenvalue weighted by atomic mass is 10.1. The highest BCUT2D eigenvalue weighted by Crippen LogP contribution is 2.33. The number of halogens is 2. The van der Waals surface area contributed by atoms with Crippen molar-refractivity contribution in [1.29, 1.82) is 0 Å². The van der Waals surface area contributed by atoms with E-state index in [4.69, 9.17) is 32.7 Å². The van der Waals surface area contributed by atoms with Crippen LogP contribution in [0.3, 0.4) is 0 Å². The molecule has 3 aromatic carbocycles. The van der Waals surface area contributed by atoms with Crippen molar-refractivity contribution in [3.63, 3.8) is 0 Å². The van der Waals surface area contributed by atoms with Crippen molar-refractivity contribution in [2.45, 2.75) is 13.1 Å². The van der Waals surface area contributed by atoms with Gasteiger partial charge in [-0.2, -0.15) is 0 Å². The standard InChI is InChI=1S/C26H20Cl2N2O3/c27-20-9-8-19(22(28)14-20)16-30(15-18-7-10-24-25(13-18)33-17-32-24)26(31)21-5-1-2-6-23(21)29-11-3-4-12-29/h1-14H,15-17H2. The predicted octanol–water partition coefficient (Wildman–Crippen LogP) is 6.36.